The fourth-order valence-corrected chi connectivity index (χ4v) is 19.5. The first kappa shape index (κ1) is 74.2. The van der Waals surface area contributed by atoms with Crippen LogP contribution in [0, 0.1) is 0 Å². The Morgan fingerprint density at radius 2 is 0.661 bits per heavy atom. The number of halogens is 1. The van der Waals surface area contributed by atoms with Crippen LogP contribution in [0.4, 0.5) is 0 Å². The third-order valence-corrected chi connectivity index (χ3v) is 26.2. The van der Waals surface area contributed by atoms with Gasteiger partial charge in [-0.25, -0.2) is 24.9 Å². The molecule has 0 N–H and O–H groups in total. The van der Waals surface area contributed by atoms with Crippen LogP contribution in [0.1, 0.15) is 27.7 Å². The average molecular weight is 1660 g/mol. The second-order valence-corrected chi connectivity index (χ2v) is 34.1. The van der Waals surface area contributed by atoms with Gasteiger partial charge in [0.15, 0.2) is 29.1 Å². The summed E-state index contributed by atoms with van der Waals surface area (Å²) in [6.45, 7) is 8.29. The van der Waals surface area contributed by atoms with Gasteiger partial charge in [0, 0.05) is 102 Å². The van der Waals surface area contributed by atoms with Crippen molar-refractivity contribution >= 4 is 175 Å². The zero-order chi connectivity index (χ0) is 82.9. The van der Waals surface area contributed by atoms with Crippen molar-refractivity contribution in [3.63, 3.8) is 0 Å². The highest BCUT2D eigenvalue weighted by Crippen LogP contribution is 2.47. The minimum atomic E-state index is -0.462. The molecule has 20 heteroatoms. The first-order valence-electron chi connectivity index (χ1n) is 40.9. The maximum atomic E-state index is 6.52. The Morgan fingerprint density at radius 3 is 1.11 bits per heavy atom. The summed E-state index contributed by atoms with van der Waals surface area (Å²) in [7, 11) is -0.462. The third kappa shape index (κ3) is 12.7. The van der Waals surface area contributed by atoms with Crippen LogP contribution in [0.5, 0.6) is 0 Å². The standard InChI is InChI=1S/C49H28N6OS.C34H27BN2O3S.C21H13ClN4/c1-3-14-29(15-4-1)43-45-44(34-20-9-12-25-41(34)57-45)51-48(50-43)35-21-13-24-40-42(35)36-28-31(26-27-39(36)56-40)47-52-46(30-16-5-2-6-17-30)53-49(54-47)55-37-22-10-7-18-32(37)33-19-8-11-23-38(33)55;1-33(2)34(3,4)40-35(39-33)21-17-18-25-24(19-21)28-23(14-10-15-26(28)38-25)32-36-29(20-11-6-5-7-12-20)31-30(37-32)22-13-8-9-16-27(22)41-31;22-20-23-19(14-8-2-1-3-9-14)24-21(25-20)26-17-12-6-4-10-15(17)16-11-5-7-13-18(16)26/h1-28H;5-19H,1-4H3;1-13H. The SMILES string of the molecule is CC1(C)OB(c2ccc3oc4cccc(-c5nc(-c6ccccc6)c6sc7ccccc7c6n5)c4c3c2)OC1(C)C.Clc1nc(-c2ccccc2)nc(-n2c3ccccc3c3ccccc32)n1.c1ccc(-c2nc(-c3ccc4oc5cccc(-c6nc(-c7ccccc7)c7sc8ccccc8c7n6)c5c4c3)nc(-n3c4ccccc4c4ccccc43)n2)cc1. The quantitative estimate of drug-likeness (QED) is 0.118. The molecule has 590 valence electrons. The minimum absolute atomic E-state index is 0.177. The van der Waals surface area contributed by atoms with E-state index in [4.69, 9.17) is 69.6 Å². The van der Waals surface area contributed by atoms with Gasteiger partial charge in [-0.15, -0.1) is 22.7 Å². The molecule has 24 aromatic rings. The van der Waals surface area contributed by atoms with Crippen LogP contribution in [0.2, 0.25) is 5.28 Å². The third-order valence-electron chi connectivity index (χ3n) is 23.7. The summed E-state index contributed by atoms with van der Waals surface area (Å²) in [6, 6.07) is 115. The zero-order valence-electron chi connectivity index (χ0n) is 67.1. The van der Waals surface area contributed by atoms with Gasteiger partial charge in [0.2, 0.25) is 17.2 Å². The molecule has 1 aliphatic rings. The van der Waals surface area contributed by atoms with Crippen molar-refractivity contribution < 1.29 is 18.1 Å². The lowest BCUT2D eigenvalue weighted by Gasteiger charge is -2.32. The molecular formula is C104H68BClN12O4S2. The summed E-state index contributed by atoms with van der Waals surface area (Å²) >= 11 is 9.71. The molecule has 0 spiro atoms. The summed E-state index contributed by atoms with van der Waals surface area (Å²) in [5, 5.41) is 10.9. The van der Waals surface area contributed by atoms with E-state index in [-0.39, 0.29) is 5.28 Å². The molecule has 0 atom stereocenters. The molecule has 0 amide bonds. The van der Waals surface area contributed by atoms with Crippen LogP contribution in [0.25, 0.3) is 219 Å². The van der Waals surface area contributed by atoms with Gasteiger partial charge in [0.05, 0.1) is 65.1 Å². The van der Waals surface area contributed by atoms with Crippen molar-refractivity contribution in [3.05, 3.63) is 345 Å². The second-order valence-electron chi connectivity index (χ2n) is 31.7. The highest BCUT2D eigenvalue weighted by atomic mass is 35.5. The molecule has 11 heterocycles. The van der Waals surface area contributed by atoms with Gasteiger partial charge in [-0.05, 0) is 118 Å². The maximum absolute atomic E-state index is 6.52. The predicted molar refractivity (Wildman–Crippen MR) is 505 cm³/mol. The van der Waals surface area contributed by atoms with Crippen molar-refractivity contribution in [3.8, 4) is 91.4 Å². The highest BCUT2D eigenvalue weighted by molar-refractivity contribution is 7.26. The van der Waals surface area contributed by atoms with E-state index in [1.165, 1.54) is 9.40 Å². The van der Waals surface area contributed by atoms with Crippen LogP contribution in [-0.4, -0.2) is 77.3 Å². The molecule has 0 aliphatic carbocycles. The van der Waals surface area contributed by atoms with Crippen molar-refractivity contribution in [2.45, 2.75) is 38.9 Å². The average Bonchev–Trinajstić information content (AvgIpc) is 1.70. The molecule has 10 aromatic heterocycles. The molecule has 25 rings (SSSR count). The van der Waals surface area contributed by atoms with E-state index in [1.54, 1.807) is 22.7 Å². The maximum Gasteiger partial charge on any atom is 0.494 e. The van der Waals surface area contributed by atoms with E-state index >= 15 is 0 Å². The number of thiophene rings is 2. The van der Waals surface area contributed by atoms with Crippen LogP contribution in [0.3, 0.4) is 0 Å². The lowest BCUT2D eigenvalue weighted by atomic mass is 9.78. The van der Waals surface area contributed by atoms with E-state index in [9.17, 15) is 0 Å². The summed E-state index contributed by atoms with van der Waals surface area (Å²) in [4.78, 5) is 49.9. The van der Waals surface area contributed by atoms with Gasteiger partial charge in [-0.1, -0.05) is 267 Å². The van der Waals surface area contributed by atoms with Crippen LogP contribution < -0.4 is 5.46 Å². The van der Waals surface area contributed by atoms with E-state index in [0.29, 0.717) is 41.0 Å². The molecule has 0 unspecified atom stereocenters. The fraction of sp³-hybridized carbons (Fsp3) is 0.0577. The molecular weight excluding hydrogens is 1590 g/mol. The Morgan fingerprint density at radius 1 is 0.290 bits per heavy atom. The summed E-state index contributed by atoms with van der Waals surface area (Å²) in [6.07, 6.45) is 0. The minimum Gasteiger partial charge on any atom is -0.456 e. The number of hydrogen-bond acceptors (Lipinski definition) is 16. The molecule has 0 bridgehead atoms. The first-order chi connectivity index (χ1) is 60.8. The van der Waals surface area contributed by atoms with Crippen LogP contribution >= 0.6 is 34.3 Å². The lowest BCUT2D eigenvalue weighted by Crippen LogP contribution is -2.41. The first-order valence-corrected chi connectivity index (χ1v) is 42.9. The molecule has 1 fully saturated rings. The van der Waals surface area contributed by atoms with Gasteiger partial charge >= 0.3 is 7.12 Å². The van der Waals surface area contributed by atoms with Gasteiger partial charge in [0.25, 0.3) is 0 Å². The number of para-hydroxylation sites is 4. The normalized spacial score (nSPS) is 13.2. The summed E-state index contributed by atoms with van der Waals surface area (Å²) in [5.41, 5.74) is 17.7. The predicted octanol–water partition coefficient (Wildman–Crippen LogP) is 26.4. The monoisotopic (exact) mass is 1660 g/mol. The van der Waals surface area contributed by atoms with Crippen LogP contribution in [0.15, 0.2) is 349 Å². The zero-order valence-corrected chi connectivity index (χ0v) is 69.5. The smallest absolute Gasteiger partial charge is 0.456 e. The van der Waals surface area contributed by atoms with Gasteiger partial charge in [-0.2, -0.15) is 24.9 Å². The Bertz CT molecular complexity index is 8260. The molecule has 16 nitrogen and oxygen atoms in total. The Labute approximate surface area is 722 Å². The van der Waals surface area contributed by atoms with Gasteiger partial charge in [0.1, 0.15) is 22.3 Å². The number of aromatic nitrogens is 12. The molecule has 124 heavy (non-hydrogen) atoms. The lowest BCUT2D eigenvalue weighted by molar-refractivity contribution is 0.00578. The Kier molecular flexibility index (Phi) is 17.8. The second kappa shape index (κ2) is 29.8. The fourth-order valence-electron chi connectivity index (χ4n) is 17.1. The van der Waals surface area contributed by atoms with Crippen molar-refractivity contribution in [2.24, 2.45) is 0 Å². The highest BCUT2D eigenvalue weighted by Gasteiger charge is 2.52. The van der Waals surface area contributed by atoms with Crippen molar-refractivity contribution in [1.29, 1.82) is 0 Å². The van der Waals surface area contributed by atoms with Crippen molar-refractivity contribution in [2.75, 3.05) is 0 Å². The van der Waals surface area contributed by atoms with E-state index < -0.39 is 18.3 Å². The van der Waals surface area contributed by atoms with Crippen molar-refractivity contribution in [1.82, 2.24) is 59.0 Å². The van der Waals surface area contributed by atoms with E-state index in [0.717, 1.165) is 174 Å². The van der Waals surface area contributed by atoms with Crippen LogP contribution in [-0.2, 0) is 9.31 Å². The number of nitrogens with zero attached hydrogens (tertiary/aromatic N) is 12. The topological polar surface area (TPSA) is 184 Å². The number of fused-ring (bicyclic) bond motifs is 18. The Hall–Kier alpha value is -14.8. The molecule has 14 aromatic carbocycles. The number of furan rings is 2. The molecule has 0 saturated carbocycles. The van der Waals surface area contributed by atoms with Gasteiger partial charge < -0.3 is 18.1 Å². The van der Waals surface area contributed by atoms with Gasteiger partial charge in [-0.3, -0.25) is 9.13 Å². The largest absolute Gasteiger partial charge is 0.494 e. The summed E-state index contributed by atoms with van der Waals surface area (Å²) < 4.78 is 34.3. The molecule has 0 radical (unpaired) electrons. The number of benzene rings is 14. The molecule has 1 aliphatic heterocycles. The Balaban J connectivity index is 0.000000116. The van der Waals surface area contributed by atoms with E-state index in [2.05, 4.69) is 236 Å². The molecule has 1 saturated heterocycles. The number of hydrogen-bond donors (Lipinski definition) is 0. The number of rotatable bonds is 10. The van der Waals surface area contributed by atoms with E-state index in [1.807, 2.05) is 150 Å². The summed E-state index contributed by atoms with van der Waals surface area (Å²) in [5.74, 6) is 4.09.